The molecule has 0 aliphatic rings. The second-order valence-corrected chi connectivity index (χ2v) is 6.54. The molecule has 2 aromatic rings. The number of benzene rings is 1. The molecule has 0 aliphatic carbocycles. The lowest BCUT2D eigenvalue weighted by molar-refractivity contribution is 0.102. The highest BCUT2D eigenvalue weighted by Crippen LogP contribution is 2.15. The molecule has 1 aromatic heterocycles. The molecule has 0 bridgehead atoms. The highest BCUT2D eigenvalue weighted by atomic mass is 32.2. The van der Waals surface area contributed by atoms with Crippen LogP contribution in [0.4, 0.5) is 6.01 Å². The Bertz CT molecular complexity index is 750. The van der Waals surface area contributed by atoms with Crippen molar-refractivity contribution >= 4 is 21.9 Å². The van der Waals surface area contributed by atoms with E-state index < -0.39 is 15.9 Å². The lowest BCUT2D eigenvalue weighted by atomic mass is 10.2. The number of aromatic nitrogens is 2. The number of nitrogens with one attached hydrogen (secondary N) is 1. The first-order chi connectivity index (χ1) is 9.80. The number of nitrogens with zero attached hydrogens (tertiary/aromatic N) is 3. The summed E-state index contributed by atoms with van der Waals surface area (Å²) in [4.78, 5) is 12.0. The molecule has 0 saturated heterocycles. The molecular weight excluding hydrogens is 296 g/mol. The molecule has 21 heavy (non-hydrogen) atoms. The lowest BCUT2D eigenvalue weighted by Crippen LogP contribution is -2.22. The van der Waals surface area contributed by atoms with Crippen molar-refractivity contribution in [2.24, 2.45) is 0 Å². The molecule has 0 saturated carbocycles. The molecule has 8 nitrogen and oxygen atoms in total. The van der Waals surface area contributed by atoms with Gasteiger partial charge in [-0.2, -0.15) is 0 Å². The molecule has 1 N–H and O–H groups in total. The number of carbonyl (C=O) groups excluding carboxylic acids is 1. The number of carbonyl (C=O) groups is 1. The van der Waals surface area contributed by atoms with Gasteiger partial charge in [0.25, 0.3) is 5.91 Å². The Morgan fingerprint density at radius 3 is 2.29 bits per heavy atom. The summed E-state index contributed by atoms with van der Waals surface area (Å²) in [5.74, 6) is -0.134. The van der Waals surface area contributed by atoms with E-state index in [1.54, 1.807) is 6.92 Å². The number of rotatable bonds is 4. The Kier molecular flexibility index (Phi) is 4.05. The van der Waals surface area contributed by atoms with Gasteiger partial charge in [-0.25, -0.2) is 12.7 Å². The molecule has 0 fully saturated rings. The Morgan fingerprint density at radius 1 is 1.19 bits per heavy atom. The van der Waals surface area contributed by atoms with Gasteiger partial charge in [-0.1, -0.05) is 5.10 Å². The van der Waals surface area contributed by atoms with Gasteiger partial charge in [0, 0.05) is 26.6 Å². The van der Waals surface area contributed by atoms with E-state index in [4.69, 9.17) is 4.42 Å². The van der Waals surface area contributed by atoms with Crippen molar-refractivity contribution in [3.63, 3.8) is 0 Å². The van der Waals surface area contributed by atoms with Crippen LogP contribution in [0.5, 0.6) is 0 Å². The van der Waals surface area contributed by atoms with E-state index in [2.05, 4.69) is 15.5 Å². The Balaban J connectivity index is 2.17. The fourth-order valence-corrected chi connectivity index (χ4v) is 2.41. The SMILES string of the molecule is Cc1nnc(NC(=O)c2ccc(S(=O)(=O)N(C)C)cc2)o1. The summed E-state index contributed by atoms with van der Waals surface area (Å²) < 4.78 is 29.9. The normalized spacial score (nSPS) is 11.6. The standard InChI is InChI=1S/C12H14N4O4S/c1-8-14-15-12(20-8)13-11(17)9-4-6-10(7-5-9)21(18,19)16(2)3/h4-7H,1-3H3,(H,13,15,17). The highest BCUT2D eigenvalue weighted by molar-refractivity contribution is 7.89. The third kappa shape index (κ3) is 3.26. The Hall–Kier alpha value is -2.26. The van der Waals surface area contributed by atoms with Crippen LogP contribution in [0.1, 0.15) is 16.2 Å². The van der Waals surface area contributed by atoms with Crippen molar-refractivity contribution in [1.29, 1.82) is 0 Å². The van der Waals surface area contributed by atoms with E-state index >= 15 is 0 Å². The molecule has 1 aromatic carbocycles. The largest absolute Gasteiger partial charge is 0.408 e. The van der Waals surface area contributed by atoms with E-state index in [1.807, 2.05) is 0 Å². The Labute approximate surface area is 121 Å². The van der Waals surface area contributed by atoms with Crippen LogP contribution in [0.25, 0.3) is 0 Å². The van der Waals surface area contributed by atoms with Gasteiger partial charge in [0.2, 0.25) is 15.9 Å². The van der Waals surface area contributed by atoms with Crippen molar-refractivity contribution in [3.05, 3.63) is 35.7 Å². The molecular formula is C12H14N4O4S. The number of amides is 1. The molecule has 1 amide bonds. The summed E-state index contributed by atoms with van der Waals surface area (Å²) in [6.45, 7) is 1.60. The molecule has 112 valence electrons. The van der Waals surface area contributed by atoms with Gasteiger partial charge >= 0.3 is 6.01 Å². The first-order valence-corrected chi connectivity index (χ1v) is 7.39. The van der Waals surface area contributed by atoms with Gasteiger partial charge in [-0.05, 0) is 24.3 Å². The summed E-state index contributed by atoms with van der Waals surface area (Å²) in [6.07, 6.45) is 0. The van der Waals surface area contributed by atoms with Gasteiger partial charge in [0.15, 0.2) is 0 Å². The maximum absolute atomic E-state index is 11.9. The summed E-state index contributed by atoms with van der Waals surface area (Å²) >= 11 is 0. The fraction of sp³-hybridized carbons (Fsp3) is 0.250. The second-order valence-electron chi connectivity index (χ2n) is 4.39. The van der Waals surface area contributed by atoms with Crippen molar-refractivity contribution < 1.29 is 17.6 Å². The molecule has 1 heterocycles. The minimum absolute atomic E-state index is 0.0116. The van der Waals surface area contributed by atoms with E-state index in [-0.39, 0.29) is 16.5 Å². The summed E-state index contributed by atoms with van der Waals surface area (Å²) in [5.41, 5.74) is 0.281. The van der Waals surface area contributed by atoms with Crippen LogP contribution in [0, 0.1) is 6.92 Å². The van der Waals surface area contributed by atoms with Crippen LogP contribution in [-0.4, -0.2) is 42.9 Å². The molecule has 0 spiro atoms. The zero-order chi connectivity index (χ0) is 15.6. The predicted molar refractivity (Wildman–Crippen MR) is 74.3 cm³/mol. The van der Waals surface area contributed by atoms with Crippen LogP contribution < -0.4 is 5.32 Å². The van der Waals surface area contributed by atoms with Gasteiger partial charge in [0.05, 0.1) is 4.90 Å². The zero-order valence-electron chi connectivity index (χ0n) is 11.7. The molecule has 9 heteroatoms. The third-order valence-corrected chi connectivity index (χ3v) is 4.47. The fourth-order valence-electron chi connectivity index (χ4n) is 1.51. The van der Waals surface area contributed by atoms with Gasteiger partial charge in [-0.3, -0.25) is 10.1 Å². The average molecular weight is 310 g/mol. The maximum atomic E-state index is 11.9. The van der Waals surface area contributed by atoms with Gasteiger partial charge in [-0.15, -0.1) is 5.10 Å². The number of hydrogen-bond acceptors (Lipinski definition) is 6. The second kappa shape index (κ2) is 5.62. The summed E-state index contributed by atoms with van der Waals surface area (Å²) in [7, 11) is -0.637. The molecule has 0 unspecified atom stereocenters. The number of hydrogen-bond donors (Lipinski definition) is 1. The van der Waals surface area contributed by atoms with Crippen molar-refractivity contribution in [2.75, 3.05) is 19.4 Å². The van der Waals surface area contributed by atoms with Crippen LogP contribution >= 0.6 is 0 Å². The number of aryl methyl sites for hydroxylation is 1. The van der Waals surface area contributed by atoms with Crippen LogP contribution in [0.15, 0.2) is 33.6 Å². The van der Waals surface area contributed by atoms with E-state index in [0.717, 1.165) is 4.31 Å². The summed E-state index contributed by atoms with van der Waals surface area (Å²) in [5, 5.41) is 9.64. The summed E-state index contributed by atoms with van der Waals surface area (Å²) in [6, 6.07) is 5.54. The van der Waals surface area contributed by atoms with Crippen LogP contribution in [0.3, 0.4) is 0 Å². The van der Waals surface area contributed by atoms with Crippen LogP contribution in [0.2, 0.25) is 0 Å². The highest BCUT2D eigenvalue weighted by Gasteiger charge is 2.18. The zero-order valence-corrected chi connectivity index (χ0v) is 12.5. The first-order valence-electron chi connectivity index (χ1n) is 5.95. The first kappa shape index (κ1) is 15.1. The van der Waals surface area contributed by atoms with E-state index in [9.17, 15) is 13.2 Å². The van der Waals surface area contributed by atoms with Crippen molar-refractivity contribution in [2.45, 2.75) is 11.8 Å². The van der Waals surface area contributed by atoms with Crippen molar-refractivity contribution in [3.8, 4) is 0 Å². The molecule has 2 rings (SSSR count). The van der Waals surface area contributed by atoms with Gasteiger partial charge < -0.3 is 4.42 Å². The third-order valence-electron chi connectivity index (χ3n) is 2.64. The Morgan fingerprint density at radius 2 is 1.81 bits per heavy atom. The lowest BCUT2D eigenvalue weighted by Gasteiger charge is -2.11. The van der Waals surface area contributed by atoms with Crippen LogP contribution in [-0.2, 0) is 10.0 Å². The van der Waals surface area contributed by atoms with E-state index in [0.29, 0.717) is 5.89 Å². The van der Waals surface area contributed by atoms with Gasteiger partial charge in [0.1, 0.15) is 0 Å². The predicted octanol–water partition coefficient (Wildman–Crippen LogP) is 0.881. The average Bonchev–Trinajstić information content (AvgIpc) is 2.84. The quantitative estimate of drug-likeness (QED) is 0.898. The monoisotopic (exact) mass is 310 g/mol. The maximum Gasteiger partial charge on any atom is 0.322 e. The topological polar surface area (TPSA) is 105 Å². The van der Waals surface area contributed by atoms with E-state index in [1.165, 1.54) is 38.4 Å². The smallest absolute Gasteiger partial charge is 0.322 e. The molecule has 0 radical (unpaired) electrons. The number of sulfonamides is 1. The number of anilines is 1. The minimum Gasteiger partial charge on any atom is -0.408 e. The van der Waals surface area contributed by atoms with Crippen molar-refractivity contribution in [1.82, 2.24) is 14.5 Å². The molecule has 0 atom stereocenters. The molecule has 0 aliphatic heterocycles. The minimum atomic E-state index is -3.51.